The molecule has 3 nitrogen and oxygen atoms in total. The van der Waals surface area contributed by atoms with E-state index < -0.39 is 0 Å². The quantitative estimate of drug-likeness (QED) is 0.677. The standard InChI is InChI=1S/C9H13N3/c1-10-9-4-7(2-3-12-9)8-5-11-6-8/h2-4,8,11H,5-6H2,1H3,(H,10,12). The number of anilines is 1. The second-order valence-corrected chi connectivity index (χ2v) is 3.08. The van der Waals surface area contributed by atoms with E-state index in [4.69, 9.17) is 0 Å². The van der Waals surface area contributed by atoms with Crippen molar-refractivity contribution < 1.29 is 0 Å². The summed E-state index contributed by atoms with van der Waals surface area (Å²) >= 11 is 0. The number of hydrogen-bond donors (Lipinski definition) is 2. The molecule has 0 aliphatic carbocycles. The van der Waals surface area contributed by atoms with E-state index in [1.807, 2.05) is 13.2 Å². The highest BCUT2D eigenvalue weighted by molar-refractivity contribution is 5.38. The zero-order valence-electron chi connectivity index (χ0n) is 7.17. The minimum absolute atomic E-state index is 0.695. The lowest BCUT2D eigenvalue weighted by Gasteiger charge is -2.27. The van der Waals surface area contributed by atoms with Crippen molar-refractivity contribution in [2.75, 3.05) is 25.5 Å². The topological polar surface area (TPSA) is 37.0 Å². The molecule has 0 unspecified atom stereocenters. The summed E-state index contributed by atoms with van der Waals surface area (Å²) in [5, 5.41) is 6.30. The Morgan fingerprint density at radius 1 is 1.58 bits per heavy atom. The highest BCUT2D eigenvalue weighted by atomic mass is 15.0. The first-order valence-electron chi connectivity index (χ1n) is 4.24. The zero-order valence-corrected chi connectivity index (χ0v) is 7.17. The van der Waals surface area contributed by atoms with Gasteiger partial charge in [-0.2, -0.15) is 0 Å². The molecule has 0 aromatic carbocycles. The molecule has 12 heavy (non-hydrogen) atoms. The molecule has 1 aromatic rings. The highest BCUT2D eigenvalue weighted by Crippen LogP contribution is 2.20. The molecule has 0 spiro atoms. The lowest BCUT2D eigenvalue weighted by atomic mass is 9.95. The molecule has 0 bridgehead atoms. The van der Waals surface area contributed by atoms with Crippen LogP contribution in [-0.2, 0) is 0 Å². The summed E-state index contributed by atoms with van der Waals surface area (Å²) in [6.07, 6.45) is 1.86. The van der Waals surface area contributed by atoms with Gasteiger partial charge in [-0.25, -0.2) is 4.98 Å². The molecule has 2 heterocycles. The maximum Gasteiger partial charge on any atom is 0.125 e. The number of rotatable bonds is 2. The zero-order chi connectivity index (χ0) is 8.39. The summed E-state index contributed by atoms with van der Waals surface area (Å²) < 4.78 is 0. The third-order valence-corrected chi connectivity index (χ3v) is 2.29. The Morgan fingerprint density at radius 2 is 2.42 bits per heavy atom. The smallest absolute Gasteiger partial charge is 0.125 e. The number of pyridine rings is 1. The summed E-state index contributed by atoms with van der Waals surface area (Å²) in [6, 6.07) is 4.21. The van der Waals surface area contributed by atoms with Gasteiger partial charge in [0, 0.05) is 32.3 Å². The number of aromatic nitrogens is 1. The Labute approximate surface area is 72.2 Å². The van der Waals surface area contributed by atoms with E-state index in [0.717, 1.165) is 18.9 Å². The predicted molar refractivity (Wildman–Crippen MR) is 49.4 cm³/mol. The maximum absolute atomic E-state index is 4.17. The summed E-state index contributed by atoms with van der Waals surface area (Å²) in [5.74, 6) is 1.65. The van der Waals surface area contributed by atoms with E-state index in [1.165, 1.54) is 5.56 Å². The first-order valence-corrected chi connectivity index (χ1v) is 4.24. The average Bonchev–Trinajstić information content (AvgIpc) is 2.02. The third kappa shape index (κ3) is 1.28. The van der Waals surface area contributed by atoms with E-state index in [0.29, 0.717) is 5.92 Å². The van der Waals surface area contributed by atoms with Crippen LogP contribution >= 0.6 is 0 Å². The fourth-order valence-electron chi connectivity index (χ4n) is 1.36. The van der Waals surface area contributed by atoms with Crippen LogP contribution in [0.1, 0.15) is 11.5 Å². The van der Waals surface area contributed by atoms with Crippen LogP contribution in [0.3, 0.4) is 0 Å². The van der Waals surface area contributed by atoms with Crippen LogP contribution in [0.2, 0.25) is 0 Å². The van der Waals surface area contributed by atoms with E-state index in [9.17, 15) is 0 Å². The minimum Gasteiger partial charge on any atom is -0.373 e. The van der Waals surface area contributed by atoms with Crippen LogP contribution in [-0.4, -0.2) is 25.1 Å². The Bertz CT molecular complexity index is 268. The van der Waals surface area contributed by atoms with E-state index >= 15 is 0 Å². The van der Waals surface area contributed by atoms with Crippen LogP contribution in [0.4, 0.5) is 5.82 Å². The lowest BCUT2D eigenvalue weighted by molar-refractivity contribution is 0.448. The number of hydrogen-bond acceptors (Lipinski definition) is 3. The SMILES string of the molecule is CNc1cc(C2CNC2)ccn1. The van der Waals surface area contributed by atoms with Crippen LogP contribution in [0.15, 0.2) is 18.3 Å². The van der Waals surface area contributed by atoms with Crippen molar-refractivity contribution in [1.29, 1.82) is 0 Å². The molecular formula is C9H13N3. The van der Waals surface area contributed by atoms with Crippen molar-refractivity contribution in [1.82, 2.24) is 10.3 Å². The average molecular weight is 163 g/mol. The summed E-state index contributed by atoms with van der Waals surface area (Å²) in [7, 11) is 1.89. The number of nitrogens with zero attached hydrogens (tertiary/aromatic N) is 1. The van der Waals surface area contributed by atoms with E-state index in [1.54, 1.807) is 0 Å². The molecule has 0 amide bonds. The molecule has 1 aliphatic heterocycles. The molecule has 2 rings (SSSR count). The Balaban J connectivity index is 2.19. The first-order chi connectivity index (χ1) is 5.90. The van der Waals surface area contributed by atoms with Crippen molar-refractivity contribution in [3.63, 3.8) is 0 Å². The van der Waals surface area contributed by atoms with Gasteiger partial charge in [-0.3, -0.25) is 0 Å². The van der Waals surface area contributed by atoms with Crippen LogP contribution in [0.5, 0.6) is 0 Å². The molecular weight excluding hydrogens is 150 g/mol. The predicted octanol–water partition coefficient (Wildman–Crippen LogP) is 0.810. The molecule has 0 atom stereocenters. The van der Waals surface area contributed by atoms with Crippen molar-refractivity contribution in [3.8, 4) is 0 Å². The Morgan fingerprint density at radius 3 is 3.00 bits per heavy atom. The normalized spacial score (nSPS) is 17.1. The third-order valence-electron chi connectivity index (χ3n) is 2.29. The van der Waals surface area contributed by atoms with Crippen molar-refractivity contribution >= 4 is 5.82 Å². The summed E-state index contributed by atoms with van der Waals surface area (Å²) in [4.78, 5) is 4.17. The Kier molecular flexibility index (Phi) is 1.96. The molecule has 1 saturated heterocycles. The Hall–Kier alpha value is -1.09. The fourth-order valence-corrected chi connectivity index (χ4v) is 1.36. The molecule has 0 saturated carbocycles. The van der Waals surface area contributed by atoms with Crippen LogP contribution < -0.4 is 10.6 Å². The highest BCUT2D eigenvalue weighted by Gasteiger charge is 2.18. The summed E-state index contributed by atoms with van der Waals surface area (Å²) in [6.45, 7) is 2.21. The second-order valence-electron chi connectivity index (χ2n) is 3.08. The van der Waals surface area contributed by atoms with Crippen LogP contribution in [0, 0.1) is 0 Å². The minimum atomic E-state index is 0.695. The van der Waals surface area contributed by atoms with Crippen molar-refractivity contribution in [2.24, 2.45) is 0 Å². The van der Waals surface area contributed by atoms with Gasteiger partial charge in [0.05, 0.1) is 0 Å². The van der Waals surface area contributed by atoms with Gasteiger partial charge < -0.3 is 10.6 Å². The molecule has 2 N–H and O–H groups in total. The first kappa shape index (κ1) is 7.55. The molecule has 1 fully saturated rings. The fraction of sp³-hybridized carbons (Fsp3) is 0.444. The lowest BCUT2D eigenvalue weighted by Crippen LogP contribution is -2.39. The molecule has 1 aliphatic rings. The molecule has 64 valence electrons. The van der Waals surface area contributed by atoms with Gasteiger partial charge in [0.25, 0.3) is 0 Å². The van der Waals surface area contributed by atoms with Crippen molar-refractivity contribution in [3.05, 3.63) is 23.9 Å². The number of nitrogens with one attached hydrogen (secondary N) is 2. The molecule has 1 aromatic heterocycles. The van der Waals surface area contributed by atoms with Gasteiger partial charge in [0.1, 0.15) is 5.82 Å². The van der Waals surface area contributed by atoms with Crippen molar-refractivity contribution in [2.45, 2.75) is 5.92 Å². The molecule has 3 heteroatoms. The summed E-state index contributed by atoms with van der Waals surface area (Å²) in [5.41, 5.74) is 1.38. The van der Waals surface area contributed by atoms with Gasteiger partial charge in [-0.05, 0) is 17.7 Å². The largest absolute Gasteiger partial charge is 0.373 e. The van der Waals surface area contributed by atoms with Gasteiger partial charge >= 0.3 is 0 Å². The maximum atomic E-state index is 4.17. The molecule has 0 radical (unpaired) electrons. The van der Waals surface area contributed by atoms with E-state index in [2.05, 4.69) is 27.8 Å². The van der Waals surface area contributed by atoms with E-state index in [-0.39, 0.29) is 0 Å². The second kappa shape index (κ2) is 3.11. The van der Waals surface area contributed by atoms with Gasteiger partial charge in [0.2, 0.25) is 0 Å². The van der Waals surface area contributed by atoms with Gasteiger partial charge in [-0.15, -0.1) is 0 Å². The monoisotopic (exact) mass is 163 g/mol. The van der Waals surface area contributed by atoms with Crippen LogP contribution in [0.25, 0.3) is 0 Å². The van der Waals surface area contributed by atoms with Gasteiger partial charge in [0.15, 0.2) is 0 Å². The van der Waals surface area contributed by atoms with Gasteiger partial charge in [-0.1, -0.05) is 0 Å².